The van der Waals surface area contributed by atoms with E-state index in [0.717, 1.165) is 0 Å². The maximum Gasteiger partial charge on any atom is 0.0638 e. The lowest BCUT2D eigenvalue weighted by atomic mass is 9.71. The molecule has 0 aromatic heterocycles. The van der Waals surface area contributed by atoms with E-state index in [-0.39, 0.29) is 0 Å². The molecule has 1 aromatic carbocycles. The lowest BCUT2D eigenvalue weighted by Crippen LogP contribution is -2.38. The third-order valence-electron chi connectivity index (χ3n) is 11.9. The van der Waals surface area contributed by atoms with Crippen molar-refractivity contribution in [3.63, 3.8) is 0 Å². The van der Waals surface area contributed by atoms with Crippen molar-refractivity contribution < 1.29 is 0 Å². The van der Waals surface area contributed by atoms with Crippen molar-refractivity contribution >= 4 is 27.3 Å². The minimum atomic E-state index is 0.380. The van der Waals surface area contributed by atoms with E-state index in [4.69, 9.17) is 0 Å². The van der Waals surface area contributed by atoms with Gasteiger partial charge in [0.25, 0.3) is 0 Å². The Morgan fingerprint density at radius 1 is 0.533 bits per heavy atom. The molecule has 6 atom stereocenters. The fraction of sp³-hybridized carbons (Fsp3) is 0.571. The molecule has 1 aromatic rings. The molecule has 0 saturated carbocycles. The van der Waals surface area contributed by atoms with Crippen LogP contribution in [0.3, 0.4) is 0 Å². The van der Waals surface area contributed by atoms with E-state index in [0.29, 0.717) is 35.8 Å². The Hall–Kier alpha value is -2.26. The van der Waals surface area contributed by atoms with Crippen LogP contribution in [0, 0.1) is 23.7 Å². The van der Waals surface area contributed by atoms with Gasteiger partial charge in [-0.05, 0) is 167 Å². The van der Waals surface area contributed by atoms with Gasteiger partial charge in [-0.25, -0.2) is 0 Å². The molecule has 2 nitrogen and oxygen atoms in total. The number of hydrogen-bond donors (Lipinski definition) is 2. The van der Waals surface area contributed by atoms with Crippen LogP contribution in [0.1, 0.15) is 116 Å². The summed E-state index contributed by atoms with van der Waals surface area (Å²) >= 11 is 4.18. The van der Waals surface area contributed by atoms with Gasteiger partial charge in [0.15, 0.2) is 0 Å². The summed E-state index contributed by atoms with van der Waals surface area (Å²) in [4.78, 5) is 0. The summed E-state index contributed by atoms with van der Waals surface area (Å²) in [5, 5.41) is 8.43. The molecule has 0 spiro atoms. The number of allylic oxidation sites excluding steroid dienone is 8. The molecule has 0 fully saturated rings. The number of benzene rings is 1. The summed E-state index contributed by atoms with van der Waals surface area (Å²) in [6, 6.07) is 7.68. The minimum absolute atomic E-state index is 0.380. The first kappa shape index (κ1) is 31.3. The molecule has 7 rings (SSSR count). The van der Waals surface area contributed by atoms with Gasteiger partial charge in [-0.2, -0.15) is 0 Å². The number of anilines is 2. The van der Waals surface area contributed by atoms with Crippen molar-refractivity contribution in [1.29, 1.82) is 0 Å². The smallest absolute Gasteiger partial charge is 0.0638 e. The average molecular weight is 668 g/mol. The molecule has 3 heteroatoms. The van der Waals surface area contributed by atoms with Crippen LogP contribution in [0.25, 0.3) is 0 Å². The zero-order valence-corrected chi connectivity index (χ0v) is 29.0. The second-order valence-corrected chi connectivity index (χ2v) is 15.5. The van der Waals surface area contributed by atoms with E-state index >= 15 is 0 Å². The summed E-state index contributed by atoms with van der Waals surface area (Å²) in [5.74, 6) is 2.55. The molecule has 0 radical (unpaired) electrons. The first-order valence-corrected chi connectivity index (χ1v) is 19.4. The Labute approximate surface area is 281 Å². The Kier molecular flexibility index (Phi) is 10.5. The molecule has 2 N–H and O–H groups in total. The quantitative estimate of drug-likeness (QED) is 0.270. The summed E-state index contributed by atoms with van der Waals surface area (Å²) in [5.41, 5.74) is 9.31. The molecule has 240 valence electrons. The van der Waals surface area contributed by atoms with Crippen LogP contribution < -0.4 is 10.6 Å². The SMILES string of the molecule is Brc1c(NC2C(C3CC=CCC3)=CCCC2C2=CCCCC2)cccc1NC1C(C2CC=CCC2)=CCCC1C1=CCCCC1. The molecule has 6 unspecified atom stereocenters. The van der Waals surface area contributed by atoms with Crippen molar-refractivity contribution in [2.45, 2.75) is 128 Å². The van der Waals surface area contributed by atoms with Gasteiger partial charge in [0, 0.05) is 11.8 Å². The van der Waals surface area contributed by atoms with Crippen molar-refractivity contribution in [1.82, 2.24) is 0 Å². The summed E-state index contributed by atoms with van der Waals surface area (Å²) in [6.07, 6.45) is 43.1. The zero-order chi connectivity index (χ0) is 30.4. The van der Waals surface area contributed by atoms with Crippen molar-refractivity contribution in [2.75, 3.05) is 10.6 Å². The Morgan fingerprint density at radius 2 is 1.04 bits per heavy atom. The molecule has 0 heterocycles. The van der Waals surface area contributed by atoms with E-state index in [1.165, 1.54) is 131 Å². The third-order valence-corrected chi connectivity index (χ3v) is 12.8. The third kappa shape index (κ3) is 7.19. The summed E-state index contributed by atoms with van der Waals surface area (Å²) in [6.45, 7) is 0. The first-order chi connectivity index (χ1) is 22.3. The van der Waals surface area contributed by atoms with Crippen LogP contribution >= 0.6 is 15.9 Å². The highest BCUT2D eigenvalue weighted by Gasteiger charge is 2.36. The predicted molar refractivity (Wildman–Crippen MR) is 197 cm³/mol. The second kappa shape index (κ2) is 15.1. The fourth-order valence-corrected chi connectivity index (χ4v) is 10.1. The van der Waals surface area contributed by atoms with Crippen LogP contribution in [-0.4, -0.2) is 12.1 Å². The minimum Gasteiger partial charge on any atom is -0.377 e. The normalized spacial score (nSPS) is 32.2. The van der Waals surface area contributed by atoms with E-state index in [1.807, 2.05) is 0 Å². The molecule has 0 aliphatic heterocycles. The predicted octanol–water partition coefficient (Wildman–Crippen LogP) is 12.4. The lowest BCUT2D eigenvalue weighted by Gasteiger charge is -2.41. The highest BCUT2D eigenvalue weighted by Crippen LogP contribution is 2.45. The van der Waals surface area contributed by atoms with Gasteiger partial charge in [0.2, 0.25) is 0 Å². The van der Waals surface area contributed by atoms with Crippen LogP contribution in [0.4, 0.5) is 11.4 Å². The first-order valence-electron chi connectivity index (χ1n) is 18.7. The molecule has 0 saturated heterocycles. The highest BCUT2D eigenvalue weighted by molar-refractivity contribution is 9.10. The second-order valence-electron chi connectivity index (χ2n) is 14.7. The Morgan fingerprint density at radius 3 is 1.47 bits per heavy atom. The molecule has 0 bridgehead atoms. The standard InChI is InChI=1S/C42H55BrN2/c43-40-38(44-41-34(30-16-5-1-6-17-30)24-13-25-35(41)31-18-7-2-8-19-31)28-15-29-39(40)45-42-36(32-20-9-3-10-21-32)26-14-27-37(42)33-22-11-4-12-23-33/h1,3,5,9,15,18,22,24,26,28-30,32,35,37,41-42,44-45H,2,4,6-8,10-14,16-17,19-21,23,25,27H2. The number of rotatable bonds is 8. The maximum absolute atomic E-state index is 4.22. The van der Waals surface area contributed by atoms with Crippen LogP contribution in [0.5, 0.6) is 0 Å². The van der Waals surface area contributed by atoms with Gasteiger partial charge in [-0.3, -0.25) is 0 Å². The lowest BCUT2D eigenvalue weighted by molar-refractivity contribution is 0.411. The monoisotopic (exact) mass is 666 g/mol. The van der Waals surface area contributed by atoms with Crippen molar-refractivity contribution in [3.05, 3.63) is 93.6 Å². The average Bonchev–Trinajstić information content (AvgIpc) is 3.11. The van der Waals surface area contributed by atoms with Crippen LogP contribution in [0.15, 0.2) is 93.6 Å². The topological polar surface area (TPSA) is 24.1 Å². The Balaban J connectivity index is 1.19. The number of nitrogens with one attached hydrogen (secondary N) is 2. The zero-order valence-electron chi connectivity index (χ0n) is 27.4. The highest BCUT2D eigenvalue weighted by atomic mass is 79.9. The molecule has 6 aliphatic carbocycles. The van der Waals surface area contributed by atoms with Gasteiger partial charge < -0.3 is 10.6 Å². The van der Waals surface area contributed by atoms with E-state index in [2.05, 4.69) is 93.4 Å². The fourth-order valence-electron chi connectivity index (χ4n) is 9.60. The van der Waals surface area contributed by atoms with Gasteiger partial charge >= 0.3 is 0 Å². The van der Waals surface area contributed by atoms with Gasteiger partial charge in [-0.15, -0.1) is 0 Å². The van der Waals surface area contributed by atoms with Gasteiger partial charge in [-0.1, -0.05) is 65.8 Å². The van der Waals surface area contributed by atoms with Crippen molar-refractivity contribution in [2.24, 2.45) is 23.7 Å². The molecule has 6 aliphatic rings. The molecular weight excluding hydrogens is 612 g/mol. The van der Waals surface area contributed by atoms with E-state index < -0.39 is 0 Å². The van der Waals surface area contributed by atoms with Crippen LogP contribution in [0.2, 0.25) is 0 Å². The molecule has 45 heavy (non-hydrogen) atoms. The van der Waals surface area contributed by atoms with E-state index in [1.54, 1.807) is 22.3 Å². The number of hydrogen-bond acceptors (Lipinski definition) is 2. The molecule has 0 amide bonds. The molecular formula is C42H55BrN2. The van der Waals surface area contributed by atoms with E-state index in [9.17, 15) is 0 Å². The van der Waals surface area contributed by atoms with Crippen LogP contribution in [-0.2, 0) is 0 Å². The summed E-state index contributed by atoms with van der Waals surface area (Å²) in [7, 11) is 0. The summed E-state index contributed by atoms with van der Waals surface area (Å²) < 4.78 is 1.21. The maximum atomic E-state index is 4.22. The van der Waals surface area contributed by atoms with Gasteiger partial charge in [0.05, 0.1) is 27.9 Å². The largest absolute Gasteiger partial charge is 0.377 e. The Bertz CT molecular complexity index is 1270. The van der Waals surface area contributed by atoms with Gasteiger partial charge in [0.1, 0.15) is 0 Å². The van der Waals surface area contributed by atoms with Crippen molar-refractivity contribution in [3.8, 4) is 0 Å². The number of halogens is 1.